The van der Waals surface area contributed by atoms with Crippen LogP contribution in [0.15, 0.2) is 23.3 Å². The Morgan fingerprint density at radius 1 is 1.44 bits per heavy atom. The first-order valence-electron chi connectivity index (χ1n) is 5.11. The Morgan fingerprint density at radius 3 is 2.81 bits per heavy atom. The molecule has 4 N–H and O–H groups in total. The highest BCUT2D eigenvalue weighted by molar-refractivity contribution is 5.16. The van der Waals surface area contributed by atoms with Crippen molar-refractivity contribution in [2.45, 2.75) is 25.0 Å². The Hall–Kier alpha value is -1.21. The SMILES string of the molecule is O=c1cc[nH]cc1C1CCCN1C(O)(O)O. The predicted molar refractivity (Wildman–Crippen MR) is 55.1 cm³/mol. The molecule has 2 heterocycles. The number of pyridine rings is 1. The molecule has 2 rings (SSSR count). The van der Waals surface area contributed by atoms with Crippen LogP contribution >= 0.6 is 0 Å². The number of hydrogen-bond donors (Lipinski definition) is 4. The third kappa shape index (κ3) is 2.00. The van der Waals surface area contributed by atoms with E-state index in [1.807, 2.05) is 0 Å². The average molecular weight is 226 g/mol. The maximum Gasteiger partial charge on any atom is 0.346 e. The van der Waals surface area contributed by atoms with Gasteiger partial charge in [0.1, 0.15) is 0 Å². The number of likely N-dealkylation sites (tertiary alicyclic amines) is 1. The normalized spacial score (nSPS) is 22.6. The fourth-order valence-corrected chi connectivity index (χ4v) is 2.14. The molecule has 0 aromatic carbocycles. The van der Waals surface area contributed by atoms with Crippen molar-refractivity contribution in [3.63, 3.8) is 0 Å². The fraction of sp³-hybridized carbons (Fsp3) is 0.500. The number of hydrogen-bond acceptors (Lipinski definition) is 5. The lowest BCUT2D eigenvalue weighted by Gasteiger charge is -2.31. The number of nitrogens with one attached hydrogen (secondary N) is 1. The number of rotatable bonds is 2. The van der Waals surface area contributed by atoms with Gasteiger partial charge < -0.3 is 20.3 Å². The highest BCUT2D eigenvalue weighted by atomic mass is 16.7. The maximum absolute atomic E-state index is 11.6. The molecule has 0 spiro atoms. The smallest absolute Gasteiger partial charge is 0.346 e. The van der Waals surface area contributed by atoms with Crippen LogP contribution in [0.4, 0.5) is 0 Å². The van der Waals surface area contributed by atoms with Crippen LogP contribution in [-0.2, 0) is 0 Å². The van der Waals surface area contributed by atoms with Crippen molar-refractivity contribution in [1.29, 1.82) is 0 Å². The van der Waals surface area contributed by atoms with Gasteiger partial charge in [-0.25, -0.2) is 4.90 Å². The molecule has 1 unspecified atom stereocenters. The second-order valence-corrected chi connectivity index (χ2v) is 3.92. The van der Waals surface area contributed by atoms with E-state index in [0.29, 0.717) is 24.9 Å². The first kappa shape index (κ1) is 11.3. The zero-order chi connectivity index (χ0) is 11.8. The number of aliphatic hydroxyl groups is 3. The lowest BCUT2D eigenvalue weighted by Crippen LogP contribution is -2.48. The molecule has 6 nitrogen and oxygen atoms in total. The molecule has 0 saturated carbocycles. The summed E-state index contributed by atoms with van der Waals surface area (Å²) in [4.78, 5) is 15.5. The van der Waals surface area contributed by atoms with Crippen LogP contribution in [0.5, 0.6) is 0 Å². The van der Waals surface area contributed by atoms with Gasteiger partial charge >= 0.3 is 6.10 Å². The van der Waals surface area contributed by atoms with Gasteiger partial charge in [-0.15, -0.1) is 0 Å². The third-order valence-electron chi connectivity index (χ3n) is 2.85. The molecule has 0 radical (unpaired) electrons. The van der Waals surface area contributed by atoms with Gasteiger partial charge in [-0.05, 0) is 12.8 Å². The summed E-state index contributed by atoms with van der Waals surface area (Å²) in [6, 6.07) is 0.907. The summed E-state index contributed by atoms with van der Waals surface area (Å²) in [5.74, 6) is 0. The quantitative estimate of drug-likeness (QED) is 0.490. The second-order valence-electron chi connectivity index (χ2n) is 3.92. The van der Waals surface area contributed by atoms with Gasteiger partial charge in [-0.2, -0.15) is 0 Å². The van der Waals surface area contributed by atoms with Crippen molar-refractivity contribution in [2.75, 3.05) is 6.54 Å². The lowest BCUT2D eigenvalue weighted by atomic mass is 10.1. The molecule has 1 saturated heterocycles. The summed E-state index contributed by atoms with van der Waals surface area (Å²) in [5, 5.41) is 27.5. The molecular weight excluding hydrogens is 212 g/mol. The third-order valence-corrected chi connectivity index (χ3v) is 2.85. The van der Waals surface area contributed by atoms with E-state index in [2.05, 4.69) is 4.98 Å². The van der Waals surface area contributed by atoms with Gasteiger partial charge in [-0.3, -0.25) is 4.79 Å². The minimum absolute atomic E-state index is 0.181. The lowest BCUT2D eigenvalue weighted by molar-refractivity contribution is -0.397. The van der Waals surface area contributed by atoms with Crippen molar-refractivity contribution in [3.05, 3.63) is 34.2 Å². The minimum atomic E-state index is -2.87. The zero-order valence-corrected chi connectivity index (χ0v) is 8.63. The Balaban J connectivity index is 2.34. The molecule has 88 valence electrons. The number of nitrogens with zero attached hydrogens (tertiary/aromatic N) is 1. The van der Waals surface area contributed by atoms with Crippen LogP contribution in [0.25, 0.3) is 0 Å². The first-order valence-corrected chi connectivity index (χ1v) is 5.11. The molecule has 1 aromatic heterocycles. The van der Waals surface area contributed by atoms with Crippen LogP contribution < -0.4 is 5.43 Å². The van der Waals surface area contributed by atoms with E-state index in [1.165, 1.54) is 18.5 Å². The monoisotopic (exact) mass is 226 g/mol. The molecule has 6 heteroatoms. The Bertz CT molecular complexity index is 423. The molecule has 1 fully saturated rings. The molecular formula is C10H14N2O4. The van der Waals surface area contributed by atoms with Crippen molar-refractivity contribution in [1.82, 2.24) is 9.88 Å². The van der Waals surface area contributed by atoms with E-state index in [0.717, 1.165) is 4.90 Å². The van der Waals surface area contributed by atoms with Crippen LogP contribution in [0.1, 0.15) is 24.4 Å². The summed E-state index contributed by atoms with van der Waals surface area (Å²) in [5.41, 5.74) is 0.251. The van der Waals surface area contributed by atoms with Gasteiger partial charge in [0.15, 0.2) is 5.43 Å². The molecule has 1 aliphatic rings. The number of aromatic amines is 1. The van der Waals surface area contributed by atoms with Gasteiger partial charge in [0.05, 0.1) is 0 Å². The van der Waals surface area contributed by atoms with Crippen molar-refractivity contribution in [2.24, 2.45) is 0 Å². The van der Waals surface area contributed by atoms with E-state index in [-0.39, 0.29) is 5.43 Å². The van der Waals surface area contributed by atoms with E-state index in [1.54, 1.807) is 0 Å². The van der Waals surface area contributed by atoms with Crippen LogP contribution in [-0.4, -0.2) is 37.8 Å². The van der Waals surface area contributed by atoms with E-state index >= 15 is 0 Å². The minimum Gasteiger partial charge on any atom is -0.367 e. The Morgan fingerprint density at radius 2 is 2.19 bits per heavy atom. The Kier molecular flexibility index (Phi) is 2.81. The number of aromatic nitrogens is 1. The topological polar surface area (TPSA) is 96.8 Å². The standard InChI is InChI=1S/C10H14N2O4/c13-9-3-4-11-6-7(9)8-2-1-5-12(8)10(14,15)16/h3-4,6,8,14-16H,1-2,5H2,(H,11,13). The largest absolute Gasteiger partial charge is 0.367 e. The van der Waals surface area contributed by atoms with Gasteiger partial charge in [0.2, 0.25) is 0 Å². The highest BCUT2D eigenvalue weighted by Gasteiger charge is 2.40. The predicted octanol–water partition coefficient (Wildman–Crippen LogP) is -0.900. The highest BCUT2D eigenvalue weighted by Crippen LogP contribution is 2.33. The van der Waals surface area contributed by atoms with E-state index in [9.17, 15) is 4.79 Å². The van der Waals surface area contributed by atoms with Crippen LogP contribution in [0, 0.1) is 0 Å². The van der Waals surface area contributed by atoms with Gasteiger partial charge in [0, 0.05) is 36.6 Å². The number of H-pyrrole nitrogens is 1. The van der Waals surface area contributed by atoms with Crippen molar-refractivity contribution in [3.8, 4) is 0 Å². The molecule has 0 bridgehead atoms. The zero-order valence-electron chi connectivity index (χ0n) is 8.63. The summed E-state index contributed by atoms with van der Waals surface area (Å²) < 4.78 is 0. The van der Waals surface area contributed by atoms with E-state index < -0.39 is 12.1 Å². The molecule has 1 aliphatic heterocycles. The Labute approximate surface area is 91.8 Å². The van der Waals surface area contributed by atoms with Crippen molar-refractivity contribution < 1.29 is 15.3 Å². The van der Waals surface area contributed by atoms with Crippen molar-refractivity contribution >= 4 is 0 Å². The molecule has 0 amide bonds. The van der Waals surface area contributed by atoms with E-state index in [4.69, 9.17) is 15.3 Å². The average Bonchev–Trinajstić information content (AvgIpc) is 2.66. The molecule has 0 aliphatic carbocycles. The molecule has 1 atom stereocenters. The summed E-state index contributed by atoms with van der Waals surface area (Å²) in [6.45, 7) is 0.336. The van der Waals surface area contributed by atoms with Gasteiger partial charge in [-0.1, -0.05) is 0 Å². The van der Waals surface area contributed by atoms with Crippen LogP contribution in [0.2, 0.25) is 0 Å². The second kappa shape index (κ2) is 3.99. The summed E-state index contributed by atoms with van der Waals surface area (Å²) in [7, 11) is 0. The van der Waals surface area contributed by atoms with Crippen LogP contribution in [0.3, 0.4) is 0 Å². The molecule has 16 heavy (non-hydrogen) atoms. The fourth-order valence-electron chi connectivity index (χ4n) is 2.14. The van der Waals surface area contributed by atoms with Gasteiger partial charge in [0.25, 0.3) is 0 Å². The molecule has 1 aromatic rings. The maximum atomic E-state index is 11.6. The summed E-state index contributed by atoms with van der Waals surface area (Å²) >= 11 is 0. The summed E-state index contributed by atoms with van der Waals surface area (Å²) in [6.07, 6.45) is 1.47. The first-order chi connectivity index (χ1) is 7.50.